The number of hydrogen-bond acceptors (Lipinski definition) is 5. The fraction of sp³-hybridized carbons (Fsp3) is 0.375. The summed E-state index contributed by atoms with van der Waals surface area (Å²) in [5.41, 5.74) is 6.52. The third kappa shape index (κ3) is 4.96. The van der Waals surface area contributed by atoms with E-state index in [1.165, 1.54) is 11.8 Å². The average Bonchev–Trinajstić information content (AvgIpc) is 2.98. The van der Waals surface area contributed by atoms with Crippen molar-refractivity contribution < 1.29 is 9.59 Å². The monoisotopic (exact) mass is 381 g/mol. The predicted molar refractivity (Wildman–Crippen MR) is 100 cm³/mol. The minimum absolute atomic E-state index is 0.0840. The highest BCUT2D eigenvalue weighted by molar-refractivity contribution is 8.00. The van der Waals surface area contributed by atoms with Gasteiger partial charge in [-0.1, -0.05) is 11.6 Å². The molecule has 0 aliphatic carbocycles. The molecule has 25 heavy (non-hydrogen) atoms. The first-order valence-corrected chi connectivity index (χ1v) is 9.23. The van der Waals surface area contributed by atoms with Crippen LogP contribution in [0.2, 0.25) is 5.15 Å². The average molecular weight is 382 g/mol. The molecular weight excluding hydrogens is 362 g/mol. The van der Waals surface area contributed by atoms with Gasteiger partial charge in [0.15, 0.2) is 5.15 Å². The zero-order chi connectivity index (χ0) is 18.4. The quantitative estimate of drug-likeness (QED) is 0.756. The third-order valence-corrected chi connectivity index (χ3v) is 5.00. The Balaban J connectivity index is 2.08. The minimum Gasteiger partial charge on any atom is -0.369 e. The van der Waals surface area contributed by atoms with Crippen LogP contribution in [0.1, 0.15) is 20.3 Å². The van der Waals surface area contributed by atoms with Gasteiger partial charge in [0.25, 0.3) is 0 Å². The van der Waals surface area contributed by atoms with E-state index in [1.54, 1.807) is 41.2 Å². The molecule has 0 spiro atoms. The summed E-state index contributed by atoms with van der Waals surface area (Å²) in [7, 11) is 0. The van der Waals surface area contributed by atoms with Crippen LogP contribution >= 0.6 is 23.4 Å². The van der Waals surface area contributed by atoms with Crippen molar-refractivity contribution in [1.82, 2.24) is 14.8 Å². The van der Waals surface area contributed by atoms with Crippen molar-refractivity contribution in [2.75, 3.05) is 17.2 Å². The zero-order valence-corrected chi connectivity index (χ0v) is 15.6. The SMILES string of the molecule is CCN(C(=O)CCSC(C)C(N)=O)c1cn(-c2cccnc2)nc1Cl. The molecule has 2 aromatic heterocycles. The number of primary amides is 1. The number of nitrogens with two attached hydrogens (primary N) is 1. The molecule has 0 aliphatic rings. The number of halogens is 1. The Morgan fingerprint density at radius 2 is 2.24 bits per heavy atom. The van der Waals surface area contributed by atoms with E-state index in [9.17, 15) is 9.59 Å². The lowest BCUT2D eigenvalue weighted by Gasteiger charge is -2.19. The van der Waals surface area contributed by atoms with E-state index in [0.29, 0.717) is 18.0 Å². The molecule has 1 unspecified atom stereocenters. The van der Waals surface area contributed by atoms with Crippen molar-refractivity contribution in [2.24, 2.45) is 5.73 Å². The van der Waals surface area contributed by atoms with Gasteiger partial charge < -0.3 is 10.6 Å². The highest BCUT2D eigenvalue weighted by Gasteiger charge is 2.20. The van der Waals surface area contributed by atoms with Crippen LogP contribution in [0.25, 0.3) is 5.69 Å². The van der Waals surface area contributed by atoms with Crippen LogP contribution in [-0.2, 0) is 9.59 Å². The summed E-state index contributed by atoms with van der Waals surface area (Å²) in [6.45, 7) is 4.06. The summed E-state index contributed by atoms with van der Waals surface area (Å²) < 4.78 is 1.59. The molecule has 0 fully saturated rings. The van der Waals surface area contributed by atoms with Gasteiger partial charge in [-0.25, -0.2) is 4.68 Å². The standard InChI is InChI=1S/C16H20ClN5O2S/c1-3-21(14(23)6-8-25-11(2)16(18)24)13-10-22(20-15(13)17)12-5-4-7-19-9-12/h4-5,7,9-11H,3,6,8H2,1-2H3,(H2,18,24). The lowest BCUT2D eigenvalue weighted by molar-refractivity contribution is -0.118. The lowest BCUT2D eigenvalue weighted by atomic mass is 10.3. The lowest BCUT2D eigenvalue weighted by Crippen LogP contribution is -2.31. The molecule has 0 saturated heterocycles. The smallest absolute Gasteiger partial charge is 0.230 e. The summed E-state index contributed by atoms with van der Waals surface area (Å²) >= 11 is 7.58. The van der Waals surface area contributed by atoms with Crippen LogP contribution in [0.3, 0.4) is 0 Å². The van der Waals surface area contributed by atoms with Crippen molar-refractivity contribution in [3.8, 4) is 5.69 Å². The molecule has 7 nitrogen and oxygen atoms in total. The minimum atomic E-state index is -0.384. The summed E-state index contributed by atoms with van der Waals surface area (Å²) in [6, 6.07) is 3.64. The Morgan fingerprint density at radius 3 is 2.84 bits per heavy atom. The van der Waals surface area contributed by atoms with Crippen molar-refractivity contribution in [3.05, 3.63) is 35.9 Å². The van der Waals surface area contributed by atoms with Crippen molar-refractivity contribution >= 4 is 40.9 Å². The maximum Gasteiger partial charge on any atom is 0.230 e. The second-order valence-electron chi connectivity index (χ2n) is 5.26. The van der Waals surface area contributed by atoms with E-state index in [4.69, 9.17) is 17.3 Å². The van der Waals surface area contributed by atoms with Crippen LogP contribution in [0.15, 0.2) is 30.7 Å². The molecule has 2 heterocycles. The molecule has 1 atom stereocenters. The highest BCUT2D eigenvalue weighted by Crippen LogP contribution is 2.26. The largest absolute Gasteiger partial charge is 0.369 e. The van der Waals surface area contributed by atoms with Gasteiger partial charge in [0.1, 0.15) is 5.69 Å². The van der Waals surface area contributed by atoms with E-state index in [1.807, 2.05) is 13.0 Å². The molecular formula is C16H20ClN5O2S. The number of carbonyl (C=O) groups is 2. The number of anilines is 1. The molecule has 2 rings (SSSR count). The van der Waals surface area contributed by atoms with Crippen LogP contribution in [0.5, 0.6) is 0 Å². The fourth-order valence-corrected chi connectivity index (χ4v) is 3.21. The van der Waals surface area contributed by atoms with Crippen molar-refractivity contribution in [3.63, 3.8) is 0 Å². The van der Waals surface area contributed by atoms with Gasteiger partial charge in [-0.05, 0) is 26.0 Å². The van der Waals surface area contributed by atoms with E-state index in [0.717, 1.165) is 5.69 Å². The van der Waals surface area contributed by atoms with Gasteiger partial charge in [0.2, 0.25) is 11.8 Å². The fourth-order valence-electron chi connectivity index (χ4n) is 2.17. The number of nitrogens with zero attached hydrogens (tertiary/aromatic N) is 4. The first kappa shape index (κ1) is 19.3. The molecule has 0 saturated carbocycles. The maximum absolute atomic E-state index is 12.5. The van der Waals surface area contributed by atoms with Gasteiger partial charge in [-0.15, -0.1) is 11.8 Å². The molecule has 0 aromatic carbocycles. The molecule has 2 aromatic rings. The number of pyridine rings is 1. The molecule has 2 N–H and O–H groups in total. The molecule has 2 amide bonds. The second-order valence-corrected chi connectivity index (χ2v) is 7.07. The van der Waals surface area contributed by atoms with E-state index < -0.39 is 0 Å². The Labute approximate surface area is 155 Å². The Bertz CT molecular complexity index is 737. The summed E-state index contributed by atoms with van der Waals surface area (Å²) in [5.74, 6) is 0.0400. The first-order valence-electron chi connectivity index (χ1n) is 7.80. The van der Waals surface area contributed by atoms with Crippen LogP contribution < -0.4 is 10.6 Å². The molecule has 0 aliphatic heterocycles. The van der Waals surface area contributed by atoms with Gasteiger partial charge in [-0.2, -0.15) is 5.10 Å². The normalized spacial score (nSPS) is 12.0. The summed E-state index contributed by atoms with van der Waals surface area (Å²) in [6.07, 6.45) is 5.32. The highest BCUT2D eigenvalue weighted by atomic mass is 35.5. The van der Waals surface area contributed by atoms with Gasteiger partial charge in [-0.3, -0.25) is 14.6 Å². The Morgan fingerprint density at radius 1 is 1.48 bits per heavy atom. The van der Waals surface area contributed by atoms with Crippen molar-refractivity contribution in [2.45, 2.75) is 25.5 Å². The number of aromatic nitrogens is 3. The van der Waals surface area contributed by atoms with Crippen LogP contribution in [0, 0.1) is 0 Å². The maximum atomic E-state index is 12.5. The first-order chi connectivity index (χ1) is 11.9. The number of rotatable bonds is 8. The van der Waals surface area contributed by atoms with E-state index in [2.05, 4.69) is 10.1 Å². The predicted octanol–water partition coefficient (Wildman–Crippen LogP) is 2.27. The molecule has 0 radical (unpaired) electrons. The number of hydrogen-bond donors (Lipinski definition) is 1. The molecule has 134 valence electrons. The van der Waals surface area contributed by atoms with Crippen LogP contribution in [0.4, 0.5) is 5.69 Å². The summed E-state index contributed by atoms with van der Waals surface area (Å²) in [4.78, 5) is 29.2. The zero-order valence-electron chi connectivity index (χ0n) is 14.1. The Kier molecular flexibility index (Phi) is 6.83. The number of carbonyl (C=O) groups excluding carboxylic acids is 2. The van der Waals surface area contributed by atoms with Gasteiger partial charge in [0, 0.05) is 24.9 Å². The van der Waals surface area contributed by atoms with Crippen LogP contribution in [-0.4, -0.2) is 44.1 Å². The van der Waals surface area contributed by atoms with E-state index in [-0.39, 0.29) is 28.6 Å². The van der Waals surface area contributed by atoms with E-state index >= 15 is 0 Å². The molecule has 0 bridgehead atoms. The van der Waals surface area contributed by atoms with Gasteiger partial charge >= 0.3 is 0 Å². The van der Waals surface area contributed by atoms with Gasteiger partial charge in [0.05, 0.1) is 23.3 Å². The number of thioether (sulfide) groups is 1. The summed E-state index contributed by atoms with van der Waals surface area (Å²) in [5, 5.41) is 4.17. The van der Waals surface area contributed by atoms with Crippen molar-refractivity contribution in [1.29, 1.82) is 0 Å². The molecule has 9 heteroatoms. The number of amides is 2. The topological polar surface area (TPSA) is 94.1 Å². The third-order valence-electron chi connectivity index (χ3n) is 3.55. The second kappa shape index (κ2) is 8.87. The Hall–Kier alpha value is -2.06.